The van der Waals surface area contributed by atoms with Crippen LogP contribution in [0.1, 0.15) is 19.4 Å². The molecule has 0 spiro atoms. The molecule has 0 saturated carbocycles. The van der Waals surface area contributed by atoms with Crippen LogP contribution in [-0.4, -0.2) is 23.9 Å². The summed E-state index contributed by atoms with van der Waals surface area (Å²) in [7, 11) is 0. The summed E-state index contributed by atoms with van der Waals surface area (Å²) >= 11 is 6.25. The number of hydrogen-bond donors (Lipinski definition) is 0. The molecule has 5 aromatic rings. The predicted molar refractivity (Wildman–Crippen MR) is 159 cm³/mol. The standard InChI is InChI=1S/C33H30ClN3/c1-3-36(4-2)30-21-17-29(18-22-30)35-24-27-23-32(25-11-7-5-8-12-25)37(31-19-15-28(34)16-20-31)33(27)26-13-9-6-10-14-26/h5-24H,3-4H2,1-2H3. The van der Waals surface area contributed by atoms with E-state index in [2.05, 4.69) is 114 Å². The maximum Gasteiger partial charge on any atom is 0.0631 e. The zero-order valence-corrected chi connectivity index (χ0v) is 21.9. The van der Waals surface area contributed by atoms with Gasteiger partial charge in [-0.2, -0.15) is 0 Å². The van der Waals surface area contributed by atoms with Gasteiger partial charge in [-0.3, -0.25) is 4.99 Å². The van der Waals surface area contributed by atoms with E-state index in [0.29, 0.717) is 5.02 Å². The van der Waals surface area contributed by atoms with Crippen molar-refractivity contribution in [3.63, 3.8) is 0 Å². The van der Waals surface area contributed by atoms with E-state index in [9.17, 15) is 0 Å². The smallest absolute Gasteiger partial charge is 0.0631 e. The lowest BCUT2D eigenvalue weighted by Crippen LogP contribution is -2.21. The van der Waals surface area contributed by atoms with E-state index in [4.69, 9.17) is 16.6 Å². The Morgan fingerprint density at radius 3 is 1.92 bits per heavy atom. The van der Waals surface area contributed by atoms with E-state index in [1.54, 1.807) is 0 Å². The Hall–Kier alpha value is -4.08. The van der Waals surface area contributed by atoms with Gasteiger partial charge < -0.3 is 9.47 Å². The zero-order chi connectivity index (χ0) is 25.6. The summed E-state index contributed by atoms with van der Waals surface area (Å²) in [6, 6.07) is 39.6. The molecule has 1 aromatic heterocycles. The van der Waals surface area contributed by atoms with Gasteiger partial charge in [-0.25, -0.2) is 0 Å². The summed E-state index contributed by atoms with van der Waals surface area (Å²) in [6.45, 7) is 6.33. The second kappa shape index (κ2) is 11.3. The van der Waals surface area contributed by atoms with E-state index in [1.165, 1.54) is 5.69 Å². The summed E-state index contributed by atoms with van der Waals surface area (Å²) in [6.07, 6.45) is 1.98. The second-order valence-electron chi connectivity index (χ2n) is 8.82. The van der Waals surface area contributed by atoms with Crippen LogP contribution in [0.3, 0.4) is 0 Å². The van der Waals surface area contributed by atoms with Crippen molar-refractivity contribution >= 4 is 29.2 Å². The quantitative estimate of drug-likeness (QED) is 0.193. The molecule has 0 atom stereocenters. The molecule has 184 valence electrons. The van der Waals surface area contributed by atoms with Crippen LogP contribution in [0.4, 0.5) is 11.4 Å². The molecule has 0 saturated heterocycles. The monoisotopic (exact) mass is 503 g/mol. The van der Waals surface area contributed by atoms with Crippen LogP contribution >= 0.6 is 11.6 Å². The first-order valence-corrected chi connectivity index (χ1v) is 13.1. The zero-order valence-electron chi connectivity index (χ0n) is 21.2. The highest BCUT2D eigenvalue weighted by molar-refractivity contribution is 6.30. The van der Waals surface area contributed by atoms with E-state index in [0.717, 1.165) is 52.5 Å². The van der Waals surface area contributed by atoms with Crippen LogP contribution in [0.2, 0.25) is 5.02 Å². The van der Waals surface area contributed by atoms with Gasteiger partial charge in [-0.05, 0) is 79.6 Å². The third-order valence-electron chi connectivity index (χ3n) is 6.56. The lowest BCUT2D eigenvalue weighted by molar-refractivity contribution is 0.866. The van der Waals surface area contributed by atoms with Crippen LogP contribution < -0.4 is 4.90 Å². The lowest BCUT2D eigenvalue weighted by Gasteiger charge is -2.20. The Morgan fingerprint density at radius 2 is 1.32 bits per heavy atom. The van der Waals surface area contributed by atoms with Gasteiger partial charge in [-0.15, -0.1) is 0 Å². The minimum absolute atomic E-state index is 0.716. The number of aliphatic imine (C=N–C) groups is 1. The third-order valence-corrected chi connectivity index (χ3v) is 6.81. The molecule has 0 bridgehead atoms. The molecule has 0 amide bonds. The number of anilines is 1. The first kappa shape index (κ1) is 24.6. The average molecular weight is 504 g/mol. The topological polar surface area (TPSA) is 20.5 Å². The van der Waals surface area contributed by atoms with E-state index in [-0.39, 0.29) is 0 Å². The normalized spacial score (nSPS) is 11.2. The van der Waals surface area contributed by atoms with Crippen molar-refractivity contribution in [1.29, 1.82) is 0 Å². The van der Waals surface area contributed by atoms with Crippen LogP contribution in [0.5, 0.6) is 0 Å². The van der Waals surface area contributed by atoms with Crippen molar-refractivity contribution in [2.45, 2.75) is 13.8 Å². The lowest BCUT2D eigenvalue weighted by atomic mass is 10.1. The Labute approximate surface area is 224 Å². The molecule has 4 aromatic carbocycles. The first-order chi connectivity index (χ1) is 18.2. The Balaban J connectivity index is 1.66. The summed E-state index contributed by atoms with van der Waals surface area (Å²) < 4.78 is 2.30. The maximum atomic E-state index is 6.25. The van der Waals surface area contributed by atoms with E-state index < -0.39 is 0 Å². The SMILES string of the molecule is CCN(CC)c1ccc(N=Cc2cc(-c3ccccc3)n(-c3ccc(Cl)cc3)c2-c2ccccc2)cc1. The van der Waals surface area contributed by atoms with Crippen molar-refractivity contribution in [3.8, 4) is 28.2 Å². The molecule has 0 fully saturated rings. The molecule has 4 heteroatoms. The number of benzene rings is 4. The highest BCUT2D eigenvalue weighted by atomic mass is 35.5. The molecule has 0 aliphatic carbocycles. The molecule has 0 aliphatic rings. The van der Waals surface area contributed by atoms with E-state index >= 15 is 0 Å². The predicted octanol–water partition coefficient (Wildman–Crippen LogP) is 9.06. The number of hydrogen-bond acceptors (Lipinski definition) is 2. The summed E-state index contributed by atoms with van der Waals surface area (Å²) in [5.41, 5.74) is 8.68. The molecule has 37 heavy (non-hydrogen) atoms. The average Bonchev–Trinajstić information content (AvgIpc) is 3.34. The van der Waals surface area contributed by atoms with Gasteiger partial charge in [0.15, 0.2) is 0 Å². The van der Waals surface area contributed by atoms with Crippen molar-refractivity contribution in [1.82, 2.24) is 4.57 Å². The van der Waals surface area contributed by atoms with Crippen molar-refractivity contribution in [2.75, 3.05) is 18.0 Å². The van der Waals surface area contributed by atoms with Crippen molar-refractivity contribution in [2.24, 2.45) is 4.99 Å². The highest BCUT2D eigenvalue weighted by Gasteiger charge is 2.18. The minimum Gasteiger partial charge on any atom is -0.372 e. The second-order valence-corrected chi connectivity index (χ2v) is 9.26. The molecule has 3 nitrogen and oxygen atoms in total. The molecule has 0 radical (unpaired) electrons. The number of rotatable bonds is 8. The number of aromatic nitrogens is 1. The van der Waals surface area contributed by atoms with Gasteiger partial charge in [0.1, 0.15) is 0 Å². The van der Waals surface area contributed by atoms with Crippen LogP contribution in [-0.2, 0) is 0 Å². The third kappa shape index (κ3) is 5.37. The molecule has 0 aliphatic heterocycles. The van der Waals surface area contributed by atoms with Crippen molar-refractivity contribution < 1.29 is 0 Å². The minimum atomic E-state index is 0.716. The first-order valence-electron chi connectivity index (χ1n) is 12.7. The molecule has 0 N–H and O–H groups in total. The fourth-order valence-corrected chi connectivity index (χ4v) is 4.81. The molecule has 1 heterocycles. The van der Waals surface area contributed by atoms with Crippen LogP contribution in [0, 0.1) is 0 Å². The molecule has 5 rings (SSSR count). The maximum absolute atomic E-state index is 6.25. The Bertz CT molecular complexity index is 1470. The van der Waals surface area contributed by atoms with Crippen LogP contribution in [0.15, 0.2) is 120 Å². The molecular weight excluding hydrogens is 474 g/mol. The number of nitrogens with zero attached hydrogens (tertiary/aromatic N) is 3. The van der Waals surface area contributed by atoms with Gasteiger partial charge in [-0.1, -0.05) is 72.3 Å². The molecular formula is C33H30ClN3. The fraction of sp³-hybridized carbons (Fsp3) is 0.121. The Kier molecular flexibility index (Phi) is 7.53. The van der Waals surface area contributed by atoms with Gasteiger partial charge >= 0.3 is 0 Å². The number of halogens is 1. The van der Waals surface area contributed by atoms with Gasteiger partial charge in [0.2, 0.25) is 0 Å². The summed E-state index contributed by atoms with van der Waals surface area (Å²) in [4.78, 5) is 7.23. The molecule has 0 unspecified atom stereocenters. The summed E-state index contributed by atoms with van der Waals surface area (Å²) in [5.74, 6) is 0. The summed E-state index contributed by atoms with van der Waals surface area (Å²) in [5, 5.41) is 0.716. The van der Waals surface area contributed by atoms with Gasteiger partial charge in [0.05, 0.1) is 17.1 Å². The van der Waals surface area contributed by atoms with Crippen molar-refractivity contribution in [3.05, 3.63) is 126 Å². The van der Waals surface area contributed by atoms with Crippen LogP contribution in [0.25, 0.3) is 28.2 Å². The fourth-order valence-electron chi connectivity index (χ4n) is 4.68. The van der Waals surface area contributed by atoms with E-state index in [1.807, 2.05) is 30.5 Å². The van der Waals surface area contributed by atoms with Gasteiger partial charge in [0, 0.05) is 41.3 Å². The Morgan fingerprint density at radius 1 is 0.730 bits per heavy atom. The highest BCUT2D eigenvalue weighted by Crippen LogP contribution is 2.36. The largest absolute Gasteiger partial charge is 0.372 e. The van der Waals surface area contributed by atoms with Gasteiger partial charge in [0.25, 0.3) is 0 Å².